The van der Waals surface area contributed by atoms with Crippen LogP contribution in [0.1, 0.15) is 10.4 Å². The van der Waals surface area contributed by atoms with Crippen LogP contribution in [-0.4, -0.2) is 39.8 Å². The van der Waals surface area contributed by atoms with E-state index in [9.17, 15) is 9.59 Å². The van der Waals surface area contributed by atoms with E-state index in [2.05, 4.69) is 10.6 Å². The van der Waals surface area contributed by atoms with Crippen molar-refractivity contribution in [2.24, 2.45) is 0 Å². The fourth-order valence-corrected chi connectivity index (χ4v) is 3.20. The van der Waals surface area contributed by atoms with E-state index >= 15 is 0 Å². The molecule has 7 nitrogen and oxygen atoms in total. The van der Waals surface area contributed by atoms with Gasteiger partial charge in [-0.2, -0.15) is 0 Å². The van der Waals surface area contributed by atoms with Crippen LogP contribution in [0.2, 0.25) is 0 Å². The molecule has 2 aromatic rings. The van der Waals surface area contributed by atoms with Gasteiger partial charge in [0.05, 0.1) is 17.4 Å². The van der Waals surface area contributed by atoms with E-state index in [-0.39, 0.29) is 11.9 Å². The second-order valence-corrected chi connectivity index (χ2v) is 6.71. The summed E-state index contributed by atoms with van der Waals surface area (Å²) in [6.45, 7) is 1.32. The molecule has 5 N–H and O–H groups in total. The van der Waals surface area contributed by atoms with Gasteiger partial charge in [-0.05, 0) is 36.4 Å². The molecule has 0 atom stereocenters. The molecule has 0 unspecified atom stereocenters. The Hall–Kier alpha value is -2.71. The molecule has 8 heteroatoms. The first-order valence-electron chi connectivity index (χ1n) is 7.69. The molecule has 0 radical (unpaired) electrons. The smallest absolute Gasteiger partial charge is 0.380 e. The zero-order valence-corrected chi connectivity index (χ0v) is 14.1. The van der Waals surface area contributed by atoms with Crippen LogP contribution in [0.3, 0.4) is 0 Å². The van der Waals surface area contributed by atoms with Crippen LogP contribution in [0.15, 0.2) is 48.5 Å². The normalized spacial score (nSPS) is 14.6. The lowest BCUT2D eigenvalue weighted by Crippen LogP contribution is -2.51. The number of nitrogens with two attached hydrogens (primary N) is 1. The van der Waals surface area contributed by atoms with Crippen LogP contribution in [0.5, 0.6) is 0 Å². The van der Waals surface area contributed by atoms with Gasteiger partial charge in [0.1, 0.15) is 0 Å². The zero-order valence-electron chi connectivity index (χ0n) is 13.3. The molecule has 0 saturated carbocycles. The van der Waals surface area contributed by atoms with Crippen LogP contribution in [0.4, 0.5) is 21.9 Å². The number of carboxylic acid groups (broad SMARTS) is 1. The maximum Gasteiger partial charge on any atom is 0.380 e. The van der Waals surface area contributed by atoms with Gasteiger partial charge in [-0.15, -0.1) is 0 Å². The molecule has 1 fully saturated rings. The topological polar surface area (TPSA) is 108 Å². The van der Waals surface area contributed by atoms with E-state index in [4.69, 9.17) is 10.8 Å². The maximum absolute atomic E-state index is 12.3. The Bertz CT molecular complexity index is 776. The first-order chi connectivity index (χ1) is 12.0. The van der Waals surface area contributed by atoms with E-state index in [0.717, 1.165) is 17.6 Å². The van der Waals surface area contributed by atoms with E-state index in [1.165, 1.54) is 0 Å². The lowest BCUT2D eigenvalue weighted by molar-refractivity contribution is 0.102. The van der Waals surface area contributed by atoms with Crippen LogP contribution >= 0.6 is 11.9 Å². The summed E-state index contributed by atoms with van der Waals surface area (Å²) in [5, 5.41) is 13.9. The highest BCUT2D eigenvalue weighted by molar-refractivity contribution is 8.11. The number of anilines is 3. The van der Waals surface area contributed by atoms with Crippen LogP contribution in [0, 0.1) is 0 Å². The number of benzene rings is 2. The largest absolute Gasteiger partial charge is 0.472 e. The molecule has 0 aromatic heterocycles. The second kappa shape index (κ2) is 7.45. The summed E-state index contributed by atoms with van der Waals surface area (Å²) in [4.78, 5) is 22.8. The molecule has 2 aromatic carbocycles. The van der Waals surface area contributed by atoms with Crippen molar-refractivity contribution in [2.45, 2.75) is 6.04 Å². The van der Waals surface area contributed by atoms with Gasteiger partial charge in [0, 0.05) is 36.3 Å². The number of rotatable bonds is 5. The van der Waals surface area contributed by atoms with Gasteiger partial charge in [-0.3, -0.25) is 4.79 Å². The van der Waals surface area contributed by atoms with Crippen LogP contribution in [0.25, 0.3) is 0 Å². The molecular formula is C17H18N4O3S. The Kier molecular flexibility index (Phi) is 5.11. The van der Waals surface area contributed by atoms with Gasteiger partial charge in [-0.25, -0.2) is 9.10 Å². The average Bonchev–Trinajstić information content (AvgIpc) is 2.55. The van der Waals surface area contributed by atoms with Crippen molar-refractivity contribution in [3.63, 3.8) is 0 Å². The van der Waals surface area contributed by atoms with Gasteiger partial charge < -0.3 is 21.5 Å². The number of nitrogens with zero attached hydrogens (tertiary/aromatic N) is 1. The number of hydrogen-bond donors (Lipinski definition) is 4. The highest BCUT2D eigenvalue weighted by Crippen LogP contribution is 2.23. The first kappa shape index (κ1) is 17.1. The number of amides is 1. The standard InChI is InChI=1S/C17H18N4O3S/c18-14-3-1-2-4-15(14)20-16(22)11-5-7-12(8-6-11)19-13-9-21(10-13)25-17(23)24/h1-8,13,19H,9-10,18H2,(H,20,22)(H,23,24). The van der Waals surface area contributed by atoms with E-state index in [1.54, 1.807) is 28.6 Å². The average molecular weight is 358 g/mol. The Morgan fingerprint density at radius 3 is 2.44 bits per heavy atom. The van der Waals surface area contributed by atoms with Gasteiger partial charge in [0.15, 0.2) is 0 Å². The third kappa shape index (κ3) is 4.43. The molecule has 0 spiro atoms. The number of carbonyl (C=O) groups excluding carboxylic acids is 1. The highest BCUT2D eigenvalue weighted by atomic mass is 32.2. The van der Waals surface area contributed by atoms with Crippen molar-refractivity contribution < 1.29 is 14.7 Å². The summed E-state index contributed by atoms with van der Waals surface area (Å²) in [6.07, 6.45) is 0. The lowest BCUT2D eigenvalue weighted by Gasteiger charge is -2.37. The molecular weight excluding hydrogens is 340 g/mol. The fourth-order valence-electron chi connectivity index (χ4n) is 2.47. The fraction of sp³-hybridized carbons (Fsp3) is 0.176. The van der Waals surface area contributed by atoms with E-state index < -0.39 is 5.30 Å². The molecule has 0 bridgehead atoms. The number of nitrogens with one attached hydrogen (secondary N) is 2. The van der Waals surface area contributed by atoms with Crippen LogP contribution in [-0.2, 0) is 0 Å². The van der Waals surface area contributed by atoms with Crippen molar-refractivity contribution in [1.29, 1.82) is 0 Å². The summed E-state index contributed by atoms with van der Waals surface area (Å²) in [6, 6.07) is 14.4. The summed E-state index contributed by atoms with van der Waals surface area (Å²) < 4.78 is 1.77. The predicted octanol–water partition coefficient (Wildman–Crippen LogP) is 2.94. The molecule has 1 aliphatic rings. The molecule has 130 valence electrons. The SMILES string of the molecule is Nc1ccccc1NC(=O)c1ccc(NC2CN(SC(=O)O)C2)cc1. The molecule has 1 aliphatic heterocycles. The monoisotopic (exact) mass is 358 g/mol. The number of hydrogen-bond acceptors (Lipinski definition) is 6. The van der Waals surface area contributed by atoms with Gasteiger partial charge in [0.25, 0.3) is 5.91 Å². The Balaban J connectivity index is 1.53. The Morgan fingerprint density at radius 2 is 1.80 bits per heavy atom. The third-order valence-electron chi connectivity index (χ3n) is 3.78. The second-order valence-electron chi connectivity index (χ2n) is 5.66. The molecule has 3 rings (SSSR count). The predicted molar refractivity (Wildman–Crippen MR) is 99.8 cm³/mol. The Morgan fingerprint density at radius 1 is 1.12 bits per heavy atom. The zero-order chi connectivity index (χ0) is 17.8. The van der Waals surface area contributed by atoms with Crippen molar-refractivity contribution in [2.75, 3.05) is 29.5 Å². The van der Waals surface area contributed by atoms with Crippen molar-refractivity contribution in [3.8, 4) is 0 Å². The number of para-hydroxylation sites is 2. The highest BCUT2D eigenvalue weighted by Gasteiger charge is 2.28. The third-order valence-corrected chi connectivity index (χ3v) is 4.49. The van der Waals surface area contributed by atoms with E-state index in [1.807, 2.05) is 24.3 Å². The maximum atomic E-state index is 12.3. The quantitative estimate of drug-likeness (QED) is 0.481. The summed E-state index contributed by atoms with van der Waals surface area (Å²) >= 11 is 0.811. The minimum atomic E-state index is -0.895. The molecule has 0 aliphatic carbocycles. The summed E-state index contributed by atoms with van der Waals surface area (Å²) in [5.41, 5.74) is 8.34. The molecule has 1 heterocycles. The minimum absolute atomic E-state index is 0.204. The molecule has 1 amide bonds. The molecule has 25 heavy (non-hydrogen) atoms. The first-order valence-corrected chi connectivity index (χ1v) is 8.47. The summed E-state index contributed by atoms with van der Waals surface area (Å²) in [5.74, 6) is -0.225. The van der Waals surface area contributed by atoms with Gasteiger partial charge in [-0.1, -0.05) is 12.1 Å². The molecule has 1 saturated heterocycles. The lowest BCUT2D eigenvalue weighted by atomic mass is 10.1. The van der Waals surface area contributed by atoms with Crippen molar-refractivity contribution >= 4 is 40.2 Å². The number of carbonyl (C=O) groups is 2. The summed E-state index contributed by atoms with van der Waals surface area (Å²) in [7, 11) is 0. The van der Waals surface area contributed by atoms with Crippen molar-refractivity contribution in [1.82, 2.24) is 4.31 Å². The van der Waals surface area contributed by atoms with E-state index in [0.29, 0.717) is 30.0 Å². The van der Waals surface area contributed by atoms with Crippen molar-refractivity contribution in [3.05, 3.63) is 54.1 Å². The number of nitrogen functional groups attached to an aromatic ring is 1. The minimum Gasteiger partial charge on any atom is -0.472 e. The van der Waals surface area contributed by atoms with Gasteiger partial charge in [0.2, 0.25) is 0 Å². The Labute approximate surface area is 149 Å². The van der Waals surface area contributed by atoms with Gasteiger partial charge >= 0.3 is 5.30 Å². The van der Waals surface area contributed by atoms with Crippen LogP contribution < -0.4 is 16.4 Å².